The van der Waals surface area contributed by atoms with Crippen LogP contribution in [0.15, 0.2) is 55.6 Å². The fourth-order valence-electron chi connectivity index (χ4n) is 1.77. The quantitative estimate of drug-likeness (QED) is 0.455. The number of hydrogen-bond acceptors (Lipinski definition) is 3. The van der Waals surface area contributed by atoms with Crippen LogP contribution in [0.4, 0.5) is 0 Å². The molecule has 0 aliphatic carbocycles. The molecule has 0 aliphatic heterocycles. The van der Waals surface area contributed by atoms with Gasteiger partial charge in [-0.3, -0.25) is 0 Å². The molecular weight excluding hydrogens is 252 g/mol. The van der Waals surface area contributed by atoms with E-state index in [1.807, 2.05) is 36.4 Å². The molecule has 20 heavy (non-hydrogen) atoms. The largest absolute Gasteiger partial charge is 0.374 e. The minimum absolute atomic E-state index is 0.0281. The lowest BCUT2D eigenvalue weighted by atomic mass is 10.2. The Kier molecular flexibility index (Phi) is 8.63. The molecule has 0 bridgehead atoms. The van der Waals surface area contributed by atoms with E-state index in [0.29, 0.717) is 13.2 Å². The summed E-state index contributed by atoms with van der Waals surface area (Å²) in [6, 6.07) is 10.1. The third kappa shape index (κ3) is 6.66. The van der Waals surface area contributed by atoms with Gasteiger partial charge in [-0.05, 0) is 24.5 Å². The van der Waals surface area contributed by atoms with Crippen LogP contribution in [0, 0.1) is 0 Å². The average Bonchev–Trinajstić information content (AvgIpc) is 2.50. The number of hydrogen-bond donors (Lipinski definition) is 0. The van der Waals surface area contributed by atoms with Crippen molar-refractivity contribution in [2.45, 2.75) is 31.8 Å². The summed E-state index contributed by atoms with van der Waals surface area (Å²) in [7, 11) is 1.60. The summed E-state index contributed by atoms with van der Waals surface area (Å²) in [6.45, 7) is 8.52. The molecule has 1 rings (SSSR count). The predicted octanol–water partition coefficient (Wildman–Crippen LogP) is 3.71. The van der Waals surface area contributed by atoms with Crippen molar-refractivity contribution in [3.8, 4) is 0 Å². The van der Waals surface area contributed by atoms with E-state index in [2.05, 4.69) is 13.2 Å². The third-order valence-corrected chi connectivity index (χ3v) is 2.86. The molecule has 0 N–H and O–H groups in total. The number of benzene rings is 1. The average molecular weight is 276 g/mol. The fraction of sp³-hybridized carbons (Fsp3) is 0.412. The van der Waals surface area contributed by atoms with Crippen LogP contribution in [0.5, 0.6) is 0 Å². The van der Waals surface area contributed by atoms with E-state index in [9.17, 15) is 0 Å². The monoisotopic (exact) mass is 276 g/mol. The minimum atomic E-state index is -0.398. The fourth-order valence-corrected chi connectivity index (χ4v) is 1.77. The van der Waals surface area contributed by atoms with Crippen molar-refractivity contribution in [1.29, 1.82) is 0 Å². The maximum atomic E-state index is 5.78. The molecule has 0 aliphatic rings. The van der Waals surface area contributed by atoms with Crippen molar-refractivity contribution >= 4 is 0 Å². The molecule has 0 radical (unpaired) electrons. The Morgan fingerprint density at radius 2 is 1.95 bits per heavy atom. The van der Waals surface area contributed by atoms with Gasteiger partial charge in [0.2, 0.25) is 0 Å². The van der Waals surface area contributed by atoms with Gasteiger partial charge in [0.15, 0.2) is 6.29 Å². The van der Waals surface area contributed by atoms with Crippen molar-refractivity contribution < 1.29 is 14.2 Å². The molecule has 0 spiro atoms. The highest BCUT2D eigenvalue weighted by atomic mass is 16.7. The van der Waals surface area contributed by atoms with E-state index in [1.165, 1.54) is 0 Å². The van der Waals surface area contributed by atoms with E-state index < -0.39 is 6.29 Å². The zero-order chi connectivity index (χ0) is 14.6. The Bertz CT molecular complexity index is 375. The van der Waals surface area contributed by atoms with Crippen molar-refractivity contribution in [2.75, 3.05) is 13.7 Å². The molecule has 0 amide bonds. The van der Waals surface area contributed by atoms with Gasteiger partial charge in [0.05, 0.1) is 19.3 Å². The molecule has 0 saturated carbocycles. The van der Waals surface area contributed by atoms with E-state index in [-0.39, 0.29) is 6.10 Å². The normalized spacial score (nSPS) is 13.7. The van der Waals surface area contributed by atoms with Crippen molar-refractivity contribution in [3.05, 3.63) is 61.2 Å². The summed E-state index contributed by atoms with van der Waals surface area (Å²) >= 11 is 0. The second kappa shape index (κ2) is 10.4. The lowest BCUT2D eigenvalue weighted by Gasteiger charge is -2.21. The Labute approximate surface area is 121 Å². The summed E-state index contributed by atoms with van der Waals surface area (Å²) in [6.07, 6.45) is 4.82. The zero-order valence-electron chi connectivity index (χ0n) is 12.2. The van der Waals surface area contributed by atoms with Gasteiger partial charge in [-0.15, -0.1) is 6.58 Å². The molecule has 0 heterocycles. The Morgan fingerprint density at radius 3 is 2.55 bits per heavy atom. The van der Waals surface area contributed by atoms with Gasteiger partial charge in [-0.25, -0.2) is 0 Å². The third-order valence-electron chi connectivity index (χ3n) is 2.86. The molecule has 3 heteroatoms. The van der Waals surface area contributed by atoms with E-state index in [4.69, 9.17) is 14.2 Å². The van der Waals surface area contributed by atoms with Gasteiger partial charge in [-0.1, -0.05) is 43.0 Å². The van der Waals surface area contributed by atoms with Crippen molar-refractivity contribution in [1.82, 2.24) is 0 Å². The highest BCUT2D eigenvalue weighted by Crippen LogP contribution is 2.10. The van der Waals surface area contributed by atoms with Crippen LogP contribution in [0.3, 0.4) is 0 Å². The number of allylic oxidation sites excluding steroid dienone is 1. The molecule has 0 aromatic heterocycles. The Hall–Kier alpha value is -1.42. The summed E-state index contributed by atoms with van der Waals surface area (Å²) in [5.41, 5.74) is 1.15. The van der Waals surface area contributed by atoms with Crippen LogP contribution in [0.1, 0.15) is 18.4 Å². The molecule has 2 atom stereocenters. The second-order valence-electron chi connectivity index (χ2n) is 4.46. The first-order valence-electron chi connectivity index (χ1n) is 6.83. The smallest absolute Gasteiger partial charge is 0.176 e. The van der Waals surface area contributed by atoms with E-state index in [1.54, 1.807) is 13.2 Å². The van der Waals surface area contributed by atoms with Gasteiger partial charge < -0.3 is 14.2 Å². The Morgan fingerprint density at radius 1 is 1.20 bits per heavy atom. The van der Waals surface area contributed by atoms with Crippen LogP contribution in [-0.4, -0.2) is 26.1 Å². The topological polar surface area (TPSA) is 27.7 Å². The first kappa shape index (κ1) is 16.6. The lowest BCUT2D eigenvalue weighted by Crippen LogP contribution is -2.26. The first-order chi connectivity index (χ1) is 9.80. The summed E-state index contributed by atoms with van der Waals surface area (Å²) in [5, 5.41) is 0. The highest BCUT2D eigenvalue weighted by molar-refractivity contribution is 5.13. The summed E-state index contributed by atoms with van der Waals surface area (Å²) in [5.74, 6) is 0. The number of rotatable bonds is 11. The van der Waals surface area contributed by atoms with Crippen molar-refractivity contribution in [2.24, 2.45) is 0 Å². The first-order valence-corrected chi connectivity index (χ1v) is 6.83. The van der Waals surface area contributed by atoms with Gasteiger partial charge in [-0.2, -0.15) is 0 Å². The van der Waals surface area contributed by atoms with Crippen LogP contribution in [0.2, 0.25) is 0 Å². The molecule has 1 unspecified atom stereocenters. The second-order valence-corrected chi connectivity index (χ2v) is 4.46. The maximum Gasteiger partial charge on any atom is 0.176 e. The number of ether oxygens (including phenoxy) is 3. The van der Waals surface area contributed by atoms with Crippen LogP contribution in [-0.2, 0) is 20.8 Å². The van der Waals surface area contributed by atoms with Gasteiger partial charge in [0.1, 0.15) is 0 Å². The predicted molar refractivity (Wildman–Crippen MR) is 81.4 cm³/mol. The SMILES string of the molecule is C=CCC[C@@H](COCc1ccccc1)OC(C=C)OC. The van der Waals surface area contributed by atoms with Gasteiger partial charge >= 0.3 is 0 Å². The van der Waals surface area contributed by atoms with Crippen molar-refractivity contribution in [3.63, 3.8) is 0 Å². The van der Waals surface area contributed by atoms with Crippen LogP contribution < -0.4 is 0 Å². The molecular formula is C17H24O3. The highest BCUT2D eigenvalue weighted by Gasteiger charge is 2.13. The molecule has 1 aromatic rings. The zero-order valence-corrected chi connectivity index (χ0v) is 12.2. The Balaban J connectivity index is 2.39. The van der Waals surface area contributed by atoms with Crippen LogP contribution in [0.25, 0.3) is 0 Å². The molecule has 3 nitrogen and oxygen atoms in total. The lowest BCUT2D eigenvalue weighted by molar-refractivity contribution is -0.145. The van der Waals surface area contributed by atoms with Gasteiger partial charge in [0, 0.05) is 7.11 Å². The van der Waals surface area contributed by atoms with E-state index in [0.717, 1.165) is 18.4 Å². The van der Waals surface area contributed by atoms with Gasteiger partial charge in [0.25, 0.3) is 0 Å². The molecule has 110 valence electrons. The minimum Gasteiger partial charge on any atom is -0.374 e. The summed E-state index contributed by atoms with van der Waals surface area (Å²) < 4.78 is 16.6. The maximum absolute atomic E-state index is 5.78. The molecule has 1 aromatic carbocycles. The molecule has 0 saturated heterocycles. The summed E-state index contributed by atoms with van der Waals surface area (Å²) in [4.78, 5) is 0. The van der Waals surface area contributed by atoms with E-state index >= 15 is 0 Å². The number of methoxy groups -OCH3 is 1. The van der Waals surface area contributed by atoms with Crippen LogP contribution >= 0.6 is 0 Å². The standard InChI is InChI=1S/C17H24O3/c1-4-6-12-16(20-17(5-2)18-3)14-19-13-15-10-8-7-9-11-15/h4-5,7-11,16-17H,1-2,6,12-14H2,3H3/t16-,17?/m0/s1. The molecule has 0 fully saturated rings.